The molecule has 3 heteroatoms. The van der Waals surface area contributed by atoms with Crippen molar-refractivity contribution in [2.24, 2.45) is 5.92 Å². The number of nitrogens with zero attached hydrogens (tertiary/aromatic N) is 1. The molecule has 1 aliphatic heterocycles. The average molecular weight is 351 g/mol. The highest BCUT2D eigenvalue weighted by atomic mass is 19.1. The number of ether oxygens (including phenoxy) is 1. The summed E-state index contributed by atoms with van der Waals surface area (Å²) in [4.78, 5) is 2.58. The van der Waals surface area contributed by atoms with E-state index in [2.05, 4.69) is 24.1 Å². The first-order chi connectivity index (χ1) is 12.7. The van der Waals surface area contributed by atoms with Crippen LogP contribution in [0.2, 0.25) is 0 Å². The molecule has 0 amide bonds. The topological polar surface area (TPSA) is 12.5 Å². The van der Waals surface area contributed by atoms with E-state index >= 15 is 0 Å². The highest BCUT2D eigenvalue weighted by molar-refractivity contribution is 5.46. The lowest BCUT2D eigenvalue weighted by Gasteiger charge is -2.58. The molecule has 2 aromatic carbocycles. The molecule has 2 fully saturated rings. The lowest BCUT2D eigenvalue weighted by Crippen LogP contribution is -2.59. The molecule has 0 radical (unpaired) electrons. The fourth-order valence-corrected chi connectivity index (χ4v) is 5.89. The Labute approximate surface area is 155 Å². The first kappa shape index (κ1) is 16.3. The van der Waals surface area contributed by atoms with Crippen molar-refractivity contribution in [3.05, 3.63) is 59.4 Å². The summed E-state index contributed by atoms with van der Waals surface area (Å²) < 4.78 is 19.9. The van der Waals surface area contributed by atoms with Gasteiger partial charge in [0.1, 0.15) is 5.75 Å². The van der Waals surface area contributed by atoms with Crippen LogP contribution in [0.5, 0.6) is 11.5 Å². The Kier molecular flexibility index (Phi) is 3.82. The Morgan fingerprint density at radius 1 is 1.12 bits per heavy atom. The lowest BCUT2D eigenvalue weighted by molar-refractivity contribution is 0.00276. The van der Waals surface area contributed by atoms with Crippen LogP contribution in [0.1, 0.15) is 43.2 Å². The number of likely N-dealkylation sites (N-methyl/N-ethyl adjacent to an activating group) is 1. The molecule has 2 aromatic rings. The van der Waals surface area contributed by atoms with Gasteiger partial charge in [-0.05, 0) is 80.6 Å². The van der Waals surface area contributed by atoms with Crippen molar-refractivity contribution in [3.63, 3.8) is 0 Å². The molecule has 136 valence electrons. The van der Waals surface area contributed by atoms with Crippen LogP contribution in [-0.4, -0.2) is 24.5 Å². The van der Waals surface area contributed by atoms with E-state index in [0.29, 0.717) is 17.2 Å². The second-order valence-electron chi connectivity index (χ2n) is 8.36. The third-order valence-corrected chi connectivity index (χ3v) is 7.15. The molecule has 1 saturated heterocycles. The molecular formula is C23H26FNO. The Hall–Kier alpha value is -1.87. The molecular weight excluding hydrogens is 325 g/mol. The molecule has 2 bridgehead atoms. The first-order valence-electron chi connectivity index (χ1n) is 9.93. The smallest absolute Gasteiger partial charge is 0.165 e. The summed E-state index contributed by atoms with van der Waals surface area (Å²) >= 11 is 0. The van der Waals surface area contributed by atoms with Gasteiger partial charge >= 0.3 is 0 Å². The van der Waals surface area contributed by atoms with Crippen LogP contribution in [0.4, 0.5) is 4.39 Å². The molecule has 0 spiro atoms. The summed E-state index contributed by atoms with van der Waals surface area (Å²) in [6, 6.07) is 13.8. The number of fused-ring (bicyclic) bond motifs is 1. The number of hydrogen-bond acceptors (Lipinski definition) is 2. The van der Waals surface area contributed by atoms with E-state index < -0.39 is 0 Å². The number of hydrogen-bond donors (Lipinski definition) is 0. The fourth-order valence-electron chi connectivity index (χ4n) is 5.89. The largest absolute Gasteiger partial charge is 0.454 e. The van der Waals surface area contributed by atoms with Crippen molar-refractivity contribution < 1.29 is 9.13 Å². The van der Waals surface area contributed by atoms with E-state index in [-0.39, 0.29) is 5.82 Å². The second-order valence-corrected chi connectivity index (χ2v) is 8.36. The number of piperidine rings is 1. The van der Waals surface area contributed by atoms with Crippen LogP contribution in [0.15, 0.2) is 42.5 Å². The second kappa shape index (κ2) is 6.09. The Bertz CT molecular complexity index is 835. The van der Waals surface area contributed by atoms with Crippen molar-refractivity contribution in [3.8, 4) is 11.5 Å². The normalized spacial score (nSPS) is 30.4. The maximum Gasteiger partial charge on any atom is 0.165 e. The molecule has 2 aliphatic carbocycles. The van der Waals surface area contributed by atoms with Gasteiger partial charge in [0.25, 0.3) is 0 Å². The minimum Gasteiger partial charge on any atom is -0.454 e. The van der Waals surface area contributed by atoms with E-state index in [9.17, 15) is 4.39 Å². The van der Waals surface area contributed by atoms with Gasteiger partial charge in [0.05, 0.1) is 0 Å². The van der Waals surface area contributed by atoms with Gasteiger partial charge in [0.15, 0.2) is 11.6 Å². The summed E-state index contributed by atoms with van der Waals surface area (Å²) in [5.74, 6) is 1.52. The van der Waals surface area contributed by atoms with Crippen LogP contribution in [0.3, 0.4) is 0 Å². The Balaban J connectivity index is 1.56. The molecule has 0 N–H and O–H groups in total. The van der Waals surface area contributed by atoms with E-state index in [1.165, 1.54) is 55.8 Å². The van der Waals surface area contributed by atoms with Crippen molar-refractivity contribution in [1.29, 1.82) is 0 Å². The van der Waals surface area contributed by atoms with Gasteiger partial charge < -0.3 is 9.64 Å². The van der Waals surface area contributed by atoms with Crippen LogP contribution in [0.25, 0.3) is 0 Å². The summed E-state index contributed by atoms with van der Waals surface area (Å²) in [5, 5.41) is 0. The number of halogens is 1. The van der Waals surface area contributed by atoms with Gasteiger partial charge in [-0.2, -0.15) is 0 Å². The quantitative estimate of drug-likeness (QED) is 0.727. The van der Waals surface area contributed by atoms with Gasteiger partial charge in [-0.15, -0.1) is 0 Å². The van der Waals surface area contributed by atoms with Crippen LogP contribution in [0, 0.1) is 11.7 Å². The highest BCUT2D eigenvalue weighted by Crippen LogP contribution is 2.56. The molecule has 5 rings (SSSR count). The predicted molar refractivity (Wildman–Crippen MR) is 101 cm³/mol. The zero-order chi connectivity index (χ0) is 17.7. The first-order valence-corrected chi connectivity index (χ1v) is 9.93. The Morgan fingerprint density at radius 3 is 2.88 bits per heavy atom. The molecule has 3 atom stereocenters. The van der Waals surface area contributed by atoms with Crippen LogP contribution < -0.4 is 4.74 Å². The minimum absolute atomic E-state index is 0.303. The zero-order valence-electron chi connectivity index (χ0n) is 15.4. The van der Waals surface area contributed by atoms with Gasteiger partial charge in [-0.1, -0.05) is 31.0 Å². The van der Waals surface area contributed by atoms with Gasteiger partial charge in [0.2, 0.25) is 0 Å². The standard InChI is InChI=1S/C23H26FNO/c1-25-13-12-23-11-5-4-6-18(23)21(25)14-16-9-10-17(15-19(16)23)26-22-8-3-2-7-20(22)24/h2-3,7-10,15,18,21H,4-6,11-14H2,1H3/t18-,21+,23+/m0/s1. The monoisotopic (exact) mass is 351 g/mol. The minimum atomic E-state index is -0.307. The van der Waals surface area contributed by atoms with E-state index in [1.807, 2.05) is 12.1 Å². The molecule has 1 heterocycles. The lowest BCUT2D eigenvalue weighted by atomic mass is 9.52. The third kappa shape index (κ3) is 2.40. The summed E-state index contributed by atoms with van der Waals surface area (Å²) in [5.41, 5.74) is 3.26. The van der Waals surface area contributed by atoms with Crippen molar-refractivity contribution >= 4 is 0 Å². The summed E-state index contributed by atoms with van der Waals surface area (Å²) in [7, 11) is 2.30. The van der Waals surface area contributed by atoms with Gasteiger partial charge in [-0.25, -0.2) is 4.39 Å². The Morgan fingerprint density at radius 2 is 2.00 bits per heavy atom. The average Bonchev–Trinajstić information content (AvgIpc) is 2.67. The zero-order valence-corrected chi connectivity index (χ0v) is 15.4. The maximum atomic E-state index is 14.0. The van der Waals surface area contributed by atoms with Crippen LogP contribution in [-0.2, 0) is 11.8 Å². The summed E-state index contributed by atoms with van der Waals surface area (Å²) in [6.07, 6.45) is 7.69. The molecule has 2 nitrogen and oxygen atoms in total. The molecule has 0 aromatic heterocycles. The van der Waals surface area contributed by atoms with E-state index in [4.69, 9.17) is 4.74 Å². The number of benzene rings is 2. The van der Waals surface area contributed by atoms with E-state index in [0.717, 1.165) is 18.1 Å². The van der Waals surface area contributed by atoms with E-state index in [1.54, 1.807) is 12.1 Å². The van der Waals surface area contributed by atoms with Crippen LogP contribution >= 0.6 is 0 Å². The predicted octanol–water partition coefficient (Wildman–Crippen LogP) is 5.31. The highest BCUT2D eigenvalue weighted by Gasteiger charge is 2.53. The molecule has 3 aliphatic rings. The fraction of sp³-hybridized carbons (Fsp3) is 0.478. The van der Waals surface area contributed by atoms with Gasteiger partial charge in [-0.3, -0.25) is 0 Å². The molecule has 26 heavy (non-hydrogen) atoms. The number of likely N-dealkylation sites (tertiary alicyclic amines) is 1. The maximum absolute atomic E-state index is 14.0. The van der Waals surface area contributed by atoms with Crippen molar-refractivity contribution in [2.75, 3.05) is 13.6 Å². The SMILES string of the molecule is CN1CC[C@]23CCCC[C@H]2[C@H]1Cc1ccc(Oc2ccccc2F)cc13. The number of para-hydroxylation sites is 1. The van der Waals surface area contributed by atoms with Gasteiger partial charge in [0, 0.05) is 11.5 Å². The van der Waals surface area contributed by atoms with Crippen molar-refractivity contribution in [2.45, 2.75) is 50.0 Å². The number of rotatable bonds is 2. The van der Waals surface area contributed by atoms with Crippen molar-refractivity contribution in [1.82, 2.24) is 4.90 Å². The molecule has 1 saturated carbocycles. The summed E-state index contributed by atoms with van der Waals surface area (Å²) in [6.45, 7) is 1.18. The third-order valence-electron chi connectivity index (χ3n) is 7.15. The molecule has 0 unspecified atom stereocenters.